The second-order valence-corrected chi connectivity index (χ2v) is 7.70. The van der Waals surface area contributed by atoms with E-state index in [4.69, 9.17) is 15.2 Å². The summed E-state index contributed by atoms with van der Waals surface area (Å²) in [7, 11) is 0. The average molecular weight is 429 g/mol. The van der Waals surface area contributed by atoms with Crippen molar-refractivity contribution in [2.75, 3.05) is 11.9 Å². The standard InChI is InChI=1S/C24H23N5O3/c1-13-4-7-17(10-14(13)2)27-20(30)12-31-18-8-5-16(6-9-18)22-19(11-25)23(26)32-24-21(22)15(3)28-29-24/h4-10,22H,12,26H2,1-3H3,(H,27,30)(H,28,29). The molecule has 4 rings (SSSR count). The van der Waals surface area contributed by atoms with Crippen LogP contribution < -0.4 is 20.5 Å². The summed E-state index contributed by atoms with van der Waals surface area (Å²) in [5.74, 6) is 0.301. The van der Waals surface area contributed by atoms with Crippen molar-refractivity contribution in [3.8, 4) is 17.7 Å². The molecule has 2 heterocycles. The zero-order chi connectivity index (χ0) is 22.8. The van der Waals surface area contributed by atoms with Crippen LogP contribution in [-0.2, 0) is 4.79 Å². The van der Waals surface area contributed by atoms with Crippen LogP contribution in [0.3, 0.4) is 0 Å². The third-order valence-corrected chi connectivity index (χ3v) is 5.50. The van der Waals surface area contributed by atoms with Crippen LogP contribution in [0.4, 0.5) is 5.69 Å². The highest BCUT2D eigenvalue weighted by atomic mass is 16.5. The summed E-state index contributed by atoms with van der Waals surface area (Å²) in [6.45, 7) is 5.76. The van der Waals surface area contributed by atoms with E-state index in [0.29, 0.717) is 17.2 Å². The number of rotatable bonds is 5. The third-order valence-electron chi connectivity index (χ3n) is 5.50. The highest BCUT2D eigenvalue weighted by Gasteiger charge is 2.34. The number of H-pyrrole nitrogens is 1. The minimum absolute atomic E-state index is 0.0415. The van der Waals surface area contributed by atoms with E-state index in [0.717, 1.165) is 33.6 Å². The summed E-state index contributed by atoms with van der Waals surface area (Å²) < 4.78 is 11.1. The van der Waals surface area contributed by atoms with Crippen LogP contribution in [-0.4, -0.2) is 22.7 Å². The van der Waals surface area contributed by atoms with Crippen LogP contribution >= 0.6 is 0 Å². The van der Waals surface area contributed by atoms with Gasteiger partial charge in [0.25, 0.3) is 5.91 Å². The second kappa shape index (κ2) is 8.47. The van der Waals surface area contributed by atoms with E-state index in [1.807, 2.05) is 51.1 Å². The first-order valence-electron chi connectivity index (χ1n) is 10.1. The number of aryl methyl sites for hydroxylation is 3. The third kappa shape index (κ3) is 4.01. The van der Waals surface area contributed by atoms with E-state index < -0.39 is 5.92 Å². The number of aromatic nitrogens is 2. The number of carbonyl (C=O) groups is 1. The molecule has 32 heavy (non-hydrogen) atoms. The van der Waals surface area contributed by atoms with Crippen LogP contribution in [0.25, 0.3) is 0 Å². The van der Waals surface area contributed by atoms with E-state index >= 15 is 0 Å². The van der Waals surface area contributed by atoms with Gasteiger partial charge in [-0.2, -0.15) is 5.26 Å². The van der Waals surface area contributed by atoms with E-state index in [1.165, 1.54) is 0 Å². The van der Waals surface area contributed by atoms with Gasteiger partial charge in [-0.1, -0.05) is 18.2 Å². The molecule has 0 aliphatic carbocycles. The fourth-order valence-electron chi connectivity index (χ4n) is 3.65. The first kappa shape index (κ1) is 21.0. The zero-order valence-corrected chi connectivity index (χ0v) is 18.0. The van der Waals surface area contributed by atoms with E-state index in [2.05, 4.69) is 21.6 Å². The number of hydrogen-bond donors (Lipinski definition) is 3. The van der Waals surface area contributed by atoms with Gasteiger partial charge in [-0.05, 0) is 61.7 Å². The molecule has 1 unspecified atom stereocenters. The number of nitriles is 1. The maximum atomic E-state index is 12.2. The molecule has 0 radical (unpaired) electrons. The summed E-state index contributed by atoms with van der Waals surface area (Å²) in [6.07, 6.45) is 0. The van der Waals surface area contributed by atoms with Crippen LogP contribution in [0.1, 0.15) is 33.9 Å². The van der Waals surface area contributed by atoms with Crippen molar-refractivity contribution in [3.05, 3.63) is 81.9 Å². The molecule has 0 bridgehead atoms. The maximum absolute atomic E-state index is 12.2. The number of amides is 1. The molecule has 162 valence electrons. The number of hydrogen-bond acceptors (Lipinski definition) is 6. The Morgan fingerprint density at radius 3 is 2.66 bits per heavy atom. The lowest BCUT2D eigenvalue weighted by atomic mass is 9.84. The number of fused-ring (bicyclic) bond motifs is 1. The average Bonchev–Trinajstić information content (AvgIpc) is 3.14. The van der Waals surface area contributed by atoms with Crippen LogP contribution in [0.5, 0.6) is 11.6 Å². The molecule has 2 aromatic carbocycles. The second-order valence-electron chi connectivity index (χ2n) is 7.70. The van der Waals surface area contributed by atoms with Gasteiger partial charge >= 0.3 is 0 Å². The Balaban J connectivity index is 1.46. The van der Waals surface area contributed by atoms with Crippen LogP contribution in [0.2, 0.25) is 0 Å². The predicted molar refractivity (Wildman–Crippen MR) is 119 cm³/mol. The molecular formula is C24H23N5O3. The number of aromatic amines is 1. The Hall–Kier alpha value is -4.25. The highest BCUT2D eigenvalue weighted by Crippen LogP contribution is 2.42. The molecule has 1 aromatic heterocycles. The van der Waals surface area contributed by atoms with Crippen molar-refractivity contribution < 1.29 is 14.3 Å². The molecule has 1 aliphatic rings. The lowest BCUT2D eigenvalue weighted by Crippen LogP contribution is -2.21. The monoisotopic (exact) mass is 429 g/mol. The van der Waals surface area contributed by atoms with Crippen molar-refractivity contribution >= 4 is 11.6 Å². The predicted octanol–water partition coefficient (Wildman–Crippen LogP) is 3.57. The Morgan fingerprint density at radius 2 is 1.97 bits per heavy atom. The molecule has 1 atom stereocenters. The summed E-state index contributed by atoms with van der Waals surface area (Å²) in [5.41, 5.74) is 11.7. The number of nitrogens with one attached hydrogen (secondary N) is 2. The molecule has 0 fully saturated rings. The van der Waals surface area contributed by atoms with Gasteiger partial charge in [-0.15, -0.1) is 5.10 Å². The minimum Gasteiger partial charge on any atom is -0.484 e. The van der Waals surface area contributed by atoms with E-state index in [1.54, 1.807) is 12.1 Å². The lowest BCUT2D eigenvalue weighted by Gasteiger charge is -2.23. The van der Waals surface area contributed by atoms with Crippen molar-refractivity contribution in [2.45, 2.75) is 26.7 Å². The van der Waals surface area contributed by atoms with Gasteiger partial charge in [-0.25, -0.2) is 0 Å². The zero-order valence-electron chi connectivity index (χ0n) is 18.0. The summed E-state index contributed by atoms with van der Waals surface area (Å²) >= 11 is 0. The maximum Gasteiger partial charge on any atom is 0.262 e. The van der Waals surface area contributed by atoms with Gasteiger partial charge < -0.3 is 20.5 Å². The molecule has 4 N–H and O–H groups in total. The smallest absolute Gasteiger partial charge is 0.262 e. The van der Waals surface area contributed by atoms with Gasteiger partial charge in [0.1, 0.15) is 17.4 Å². The van der Waals surface area contributed by atoms with Crippen molar-refractivity contribution in [2.24, 2.45) is 5.73 Å². The first-order chi connectivity index (χ1) is 15.4. The number of ether oxygens (including phenoxy) is 2. The summed E-state index contributed by atoms with van der Waals surface area (Å²) in [5, 5.41) is 19.5. The number of carbonyl (C=O) groups excluding carboxylic acids is 1. The van der Waals surface area contributed by atoms with Crippen molar-refractivity contribution in [3.63, 3.8) is 0 Å². The van der Waals surface area contributed by atoms with Gasteiger partial charge in [0.2, 0.25) is 11.8 Å². The van der Waals surface area contributed by atoms with Gasteiger partial charge in [0.05, 0.1) is 5.92 Å². The quantitative estimate of drug-likeness (QED) is 0.569. The number of anilines is 1. The molecule has 1 aliphatic heterocycles. The van der Waals surface area contributed by atoms with Crippen LogP contribution in [0, 0.1) is 32.1 Å². The highest BCUT2D eigenvalue weighted by molar-refractivity contribution is 5.92. The molecule has 0 saturated carbocycles. The number of nitrogens with two attached hydrogens (primary N) is 1. The molecule has 8 heteroatoms. The largest absolute Gasteiger partial charge is 0.484 e. The molecule has 3 aromatic rings. The fourth-order valence-corrected chi connectivity index (χ4v) is 3.65. The molecule has 0 spiro atoms. The van der Waals surface area contributed by atoms with E-state index in [9.17, 15) is 10.1 Å². The van der Waals surface area contributed by atoms with Gasteiger partial charge in [0.15, 0.2) is 6.61 Å². The van der Waals surface area contributed by atoms with Gasteiger partial charge in [0, 0.05) is 16.9 Å². The number of nitrogens with zero attached hydrogens (tertiary/aromatic N) is 2. The number of allylic oxidation sites excluding steroid dienone is 1. The van der Waals surface area contributed by atoms with Gasteiger partial charge in [-0.3, -0.25) is 9.89 Å². The molecule has 0 saturated heterocycles. The Bertz CT molecular complexity index is 1250. The Morgan fingerprint density at radius 1 is 1.22 bits per heavy atom. The van der Waals surface area contributed by atoms with E-state index in [-0.39, 0.29) is 18.4 Å². The minimum atomic E-state index is -0.398. The first-order valence-corrected chi connectivity index (χ1v) is 10.1. The van der Waals surface area contributed by atoms with Crippen molar-refractivity contribution in [1.29, 1.82) is 5.26 Å². The normalized spacial score (nSPS) is 14.9. The van der Waals surface area contributed by atoms with Crippen molar-refractivity contribution in [1.82, 2.24) is 10.2 Å². The SMILES string of the molecule is Cc1ccc(NC(=O)COc2ccc(C3C(C#N)=C(N)Oc4n[nH]c(C)c43)cc2)cc1C. The Labute approximate surface area is 185 Å². The Kier molecular flexibility index (Phi) is 5.56. The lowest BCUT2D eigenvalue weighted by molar-refractivity contribution is -0.118. The molecule has 1 amide bonds. The topological polar surface area (TPSA) is 126 Å². The molecule has 8 nitrogen and oxygen atoms in total. The summed E-state index contributed by atoms with van der Waals surface area (Å²) in [6, 6.07) is 15.1. The summed E-state index contributed by atoms with van der Waals surface area (Å²) in [4.78, 5) is 12.2. The van der Waals surface area contributed by atoms with Crippen LogP contribution in [0.15, 0.2) is 53.9 Å². The number of benzene rings is 2. The fraction of sp³-hybridized carbons (Fsp3) is 0.208. The molecular weight excluding hydrogens is 406 g/mol.